The van der Waals surface area contributed by atoms with Crippen molar-refractivity contribution in [2.45, 2.75) is 65.3 Å². The van der Waals surface area contributed by atoms with E-state index in [0.717, 1.165) is 5.69 Å². The van der Waals surface area contributed by atoms with Crippen molar-refractivity contribution < 1.29 is 0 Å². The highest BCUT2D eigenvalue weighted by atomic mass is 79.9. The second-order valence-electron chi connectivity index (χ2n) is 7.08. The summed E-state index contributed by atoms with van der Waals surface area (Å²) in [7, 11) is 0. The van der Waals surface area contributed by atoms with Crippen LogP contribution in [-0.4, -0.2) is 9.78 Å². The zero-order valence-corrected chi connectivity index (χ0v) is 15.7. The molecule has 0 bridgehead atoms. The highest BCUT2D eigenvalue weighted by Crippen LogP contribution is 2.41. The van der Waals surface area contributed by atoms with Crippen LogP contribution in [0.25, 0.3) is 11.3 Å². The average Bonchev–Trinajstić information content (AvgIpc) is 3.21. The van der Waals surface area contributed by atoms with E-state index in [0.29, 0.717) is 17.9 Å². The Morgan fingerprint density at radius 1 is 1.14 bits per heavy atom. The molecule has 3 rings (SSSR count). The SMILES string of the molecule is Cc1c(-c2ccc(C(C)C)c(Br)c2)nn(C2CC2)c1C(C)C. The number of halogens is 1. The van der Waals surface area contributed by atoms with Crippen LogP contribution in [0.5, 0.6) is 0 Å². The van der Waals surface area contributed by atoms with Gasteiger partial charge in [-0.25, -0.2) is 0 Å². The van der Waals surface area contributed by atoms with E-state index >= 15 is 0 Å². The fourth-order valence-corrected chi connectivity index (χ4v) is 4.08. The first-order valence-corrected chi connectivity index (χ1v) is 9.08. The van der Waals surface area contributed by atoms with Gasteiger partial charge in [0.05, 0.1) is 11.7 Å². The van der Waals surface area contributed by atoms with E-state index < -0.39 is 0 Å². The van der Waals surface area contributed by atoms with E-state index in [9.17, 15) is 0 Å². The lowest BCUT2D eigenvalue weighted by Crippen LogP contribution is -2.04. The molecule has 1 heterocycles. The van der Waals surface area contributed by atoms with Gasteiger partial charge in [-0.15, -0.1) is 0 Å². The number of rotatable bonds is 4. The minimum absolute atomic E-state index is 0.514. The Kier molecular flexibility index (Phi) is 4.19. The summed E-state index contributed by atoms with van der Waals surface area (Å²) in [6, 6.07) is 7.31. The normalized spacial score (nSPS) is 15.1. The maximum absolute atomic E-state index is 4.97. The van der Waals surface area contributed by atoms with Crippen LogP contribution in [0.1, 0.15) is 75.2 Å². The van der Waals surface area contributed by atoms with Gasteiger partial charge in [-0.1, -0.05) is 55.8 Å². The largest absolute Gasteiger partial charge is 0.265 e. The maximum atomic E-state index is 4.97. The Bertz CT molecular complexity index is 694. The number of aromatic nitrogens is 2. The van der Waals surface area contributed by atoms with Crippen LogP contribution < -0.4 is 0 Å². The molecule has 1 aromatic heterocycles. The van der Waals surface area contributed by atoms with Crippen LogP contribution in [0.4, 0.5) is 0 Å². The van der Waals surface area contributed by atoms with Crippen molar-refractivity contribution in [3.8, 4) is 11.3 Å². The Morgan fingerprint density at radius 3 is 2.32 bits per heavy atom. The number of hydrogen-bond acceptors (Lipinski definition) is 1. The molecule has 0 atom stereocenters. The first-order chi connectivity index (χ1) is 10.4. The summed E-state index contributed by atoms with van der Waals surface area (Å²) in [6.07, 6.45) is 2.55. The lowest BCUT2D eigenvalue weighted by atomic mass is 9.98. The molecule has 2 nitrogen and oxygen atoms in total. The zero-order chi connectivity index (χ0) is 16.0. The number of benzene rings is 1. The molecule has 22 heavy (non-hydrogen) atoms. The van der Waals surface area contributed by atoms with Crippen molar-refractivity contribution in [1.29, 1.82) is 0 Å². The van der Waals surface area contributed by atoms with Gasteiger partial charge in [-0.05, 0) is 48.8 Å². The highest BCUT2D eigenvalue weighted by molar-refractivity contribution is 9.10. The van der Waals surface area contributed by atoms with Crippen LogP contribution in [0.2, 0.25) is 0 Å². The first-order valence-electron chi connectivity index (χ1n) is 8.29. The summed E-state index contributed by atoms with van der Waals surface area (Å²) in [5, 5.41) is 4.97. The van der Waals surface area contributed by atoms with Crippen molar-refractivity contribution >= 4 is 15.9 Å². The number of hydrogen-bond donors (Lipinski definition) is 0. The summed E-state index contributed by atoms with van der Waals surface area (Å²) >= 11 is 3.73. The number of nitrogens with zero attached hydrogens (tertiary/aromatic N) is 2. The van der Waals surface area contributed by atoms with Crippen molar-refractivity contribution in [1.82, 2.24) is 9.78 Å². The summed E-state index contributed by atoms with van der Waals surface area (Å²) in [5.41, 5.74) is 6.46. The van der Waals surface area contributed by atoms with Gasteiger partial charge in [0, 0.05) is 15.7 Å². The van der Waals surface area contributed by atoms with Crippen LogP contribution in [-0.2, 0) is 0 Å². The first kappa shape index (κ1) is 15.8. The molecule has 2 aromatic rings. The van der Waals surface area contributed by atoms with Gasteiger partial charge in [0.15, 0.2) is 0 Å². The highest BCUT2D eigenvalue weighted by Gasteiger charge is 2.30. The van der Waals surface area contributed by atoms with Gasteiger partial charge in [0.25, 0.3) is 0 Å². The van der Waals surface area contributed by atoms with Gasteiger partial charge < -0.3 is 0 Å². The van der Waals surface area contributed by atoms with Crippen LogP contribution >= 0.6 is 15.9 Å². The summed E-state index contributed by atoms with van der Waals surface area (Å²) in [4.78, 5) is 0. The molecule has 118 valence electrons. The molecule has 0 aliphatic heterocycles. The molecule has 0 N–H and O–H groups in total. The van der Waals surface area contributed by atoms with Crippen LogP contribution in [0, 0.1) is 6.92 Å². The van der Waals surface area contributed by atoms with E-state index in [1.54, 1.807) is 0 Å². The third-order valence-electron chi connectivity index (χ3n) is 4.53. The summed E-state index contributed by atoms with van der Waals surface area (Å²) < 4.78 is 3.48. The molecule has 0 radical (unpaired) electrons. The molecule has 1 aliphatic carbocycles. The molecule has 1 aliphatic rings. The van der Waals surface area contributed by atoms with Crippen LogP contribution in [0.3, 0.4) is 0 Å². The van der Waals surface area contributed by atoms with Gasteiger partial charge in [0.2, 0.25) is 0 Å². The predicted octanol–water partition coefficient (Wildman–Crippen LogP) is 6.20. The molecule has 0 spiro atoms. The lowest BCUT2D eigenvalue weighted by Gasteiger charge is -2.10. The summed E-state index contributed by atoms with van der Waals surface area (Å²) in [5.74, 6) is 1.04. The van der Waals surface area contributed by atoms with E-state index in [4.69, 9.17) is 5.10 Å². The monoisotopic (exact) mass is 360 g/mol. The predicted molar refractivity (Wildman–Crippen MR) is 96.5 cm³/mol. The fourth-order valence-electron chi connectivity index (χ4n) is 3.24. The maximum Gasteiger partial charge on any atom is 0.0955 e. The van der Waals surface area contributed by atoms with Gasteiger partial charge in [-0.2, -0.15) is 5.10 Å². The van der Waals surface area contributed by atoms with Gasteiger partial charge in [0.1, 0.15) is 0 Å². The van der Waals surface area contributed by atoms with Gasteiger partial charge >= 0.3 is 0 Å². The van der Waals surface area contributed by atoms with E-state index in [-0.39, 0.29) is 0 Å². The van der Waals surface area contributed by atoms with Crippen molar-refractivity contribution in [2.24, 2.45) is 0 Å². The molecule has 1 aromatic carbocycles. The fraction of sp³-hybridized carbons (Fsp3) is 0.526. The Hall–Kier alpha value is -1.09. The minimum atomic E-state index is 0.514. The zero-order valence-electron chi connectivity index (χ0n) is 14.2. The Labute approximate surface area is 142 Å². The quantitative estimate of drug-likeness (QED) is 0.634. The van der Waals surface area contributed by atoms with Crippen molar-refractivity contribution in [2.75, 3.05) is 0 Å². The molecule has 0 amide bonds. The topological polar surface area (TPSA) is 17.8 Å². The van der Waals surface area contributed by atoms with Crippen molar-refractivity contribution in [3.05, 3.63) is 39.5 Å². The second-order valence-corrected chi connectivity index (χ2v) is 7.93. The molecule has 0 saturated heterocycles. The third-order valence-corrected chi connectivity index (χ3v) is 5.22. The van der Waals surface area contributed by atoms with E-state index in [1.165, 1.54) is 39.7 Å². The standard InChI is InChI=1S/C19H25BrN2/c1-11(2)16-9-6-14(10-17(16)20)18-13(5)19(12(3)4)22(21-18)15-7-8-15/h6,9-12,15H,7-8H2,1-5H3. The molecule has 3 heteroatoms. The molecular weight excluding hydrogens is 336 g/mol. The minimum Gasteiger partial charge on any atom is -0.265 e. The van der Waals surface area contributed by atoms with Crippen molar-refractivity contribution in [3.63, 3.8) is 0 Å². The lowest BCUT2D eigenvalue weighted by molar-refractivity contribution is 0.583. The van der Waals surface area contributed by atoms with Gasteiger partial charge in [-0.3, -0.25) is 4.68 Å². The van der Waals surface area contributed by atoms with Crippen LogP contribution in [0.15, 0.2) is 22.7 Å². The molecule has 1 saturated carbocycles. The second kappa shape index (κ2) is 5.84. The molecular formula is C19H25BrN2. The Morgan fingerprint density at radius 2 is 1.82 bits per heavy atom. The van der Waals surface area contributed by atoms with E-state index in [1.807, 2.05) is 0 Å². The average molecular weight is 361 g/mol. The molecule has 0 unspecified atom stereocenters. The molecule has 1 fully saturated rings. The third kappa shape index (κ3) is 2.76. The van der Waals surface area contributed by atoms with E-state index in [2.05, 4.69) is 73.4 Å². The summed E-state index contributed by atoms with van der Waals surface area (Å²) in [6.45, 7) is 11.2. The Balaban J connectivity index is 2.09. The smallest absolute Gasteiger partial charge is 0.0955 e.